The minimum absolute atomic E-state index is 0.136. The number of hydrogen-bond acceptors (Lipinski definition) is 2. The highest BCUT2D eigenvalue weighted by atomic mass is 16.5. The molecule has 0 fully saturated rings. The minimum atomic E-state index is -0.136. The van der Waals surface area contributed by atoms with Crippen molar-refractivity contribution in [3.8, 4) is 5.75 Å². The summed E-state index contributed by atoms with van der Waals surface area (Å²) in [6, 6.07) is 24.2. The number of nitrogens with one attached hydrogen (secondary N) is 1. The molecule has 0 aromatic heterocycles. The van der Waals surface area contributed by atoms with Gasteiger partial charge in [0.2, 0.25) is 0 Å². The Hall–Kier alpha value is -3.27. The number of nitrogens with zero attached hydrogens (tertiary/aromatic N) is 1. The van der Waals surface area contributed by atoms with E-state index in [9.17, 15) is 4.79 Å². The average Bonchev–Trinajstić information content (AvgIpc) is 2.90. The van der Waals surface area contributed by atoms with E-state index in [1.807, 2.05) is 47.4 Å². The van der Waals surface area contributed by atoms with Gasteiger partial charge in [-0.15, -0.1) is 0 Å². The Morgan fingerprint density at radius 2 is 1.41 bits per heavy atom. The molecule has 0 bridgehead atoms. The van der Waals surface area contributed by atoms with Crippen LogP contribution < -0.4 is 15.0 Å². The summed E-state index contributed by atoms with van der Waals surface area (Å²) in [4.78, 5) is 15.6. The molecule has 0 unspecified atom stereocenters. The summed E-state index contributed by atoms with van der Waals surface area (Å²) < 4.78 is 5.96. The van der Waals surface area contributed by atoms with E-state index < -0.39 is 0 Å². The van der Waals surface area contributed by atoms with Crippen molar-refractivity contribution in [3.63, 3.8) is 0 Å². The molecule has 0 aliphatic carbocycles. The van der Waals surface area contributed by atoms with E-state index >= 15 is 0 Å². The molecule has 0 aliphatic rings. The van der Waals surface area contributed by atoms with Crippen molar-refractivity contribution in [1.82, 2.24) is 0 Å². The number of benzene rings is 3. The van der Waals surface area contributed by atoms with E-state index in [1.54, 1.807) is 0 Å². The number of carbonyl (C=O) groups is 1. The van der Waals surface area contributed by atoms with E-state index in [2.05, 4.69) is 70.3 Å². The van der Waals surface area contributed by atoms with Crippen molar-refractivity contribution in [2.75, 3.05) is 16.8 Å². The number of carbonyl (C=O) groups excluding carboxylic acids is 1. The number of ether oxygens (including phenoxy) is 1. The van der Waals surface area contributed by atoms with E-state index in [1.165, 1.54) is 25.7 Å². The first kappa shape index (κ1) is 28.3. The second kappa shape index (κ2) is 14.5. The third-order valence-corrected chi connectivity index (χ3v) is 6.70. The van der Waals surface area contributed by atoms with Crippen molar-refractivity contribution in [3.05, 3.63) is 89.5 Å². The molecule has 4 nitrogen and oxygen atoms in total. The summed E-state index contributed by atoms with van der Waals surface area (Å²) in [5.74, 6) is 1.44. The van der Waals surface area contributed by atoms with Gasteiger partial charge in [-0.1, -0.05) is 109 Å². The molecule has 1 N–H and O–H groups in total. The topological polar surface area (TPSA) is 41.6 Å². The van der Waals surface area contributed by atoms with Crippen molar-refractivity contribution < 1.29 is 9.53 Å². The Morgan fingerprint density at radius 3 is 2.00 bits per heavy atom. The molecule has 3 aromatic rings. The fourth-order valence-electron chi connectivity index (χ4n) is 4.53. The Labute approximate surface area is 224 Å². The largest absolute Gasteiger partial charge is 0.494 e. The van der Waals surface area contributed by atoms with Gasteiger partial charge < -0.3 is 10.1 Å². The van der Waals surface area contributed by atoms with Gasteiger partial charge in [-0.05, 0) is 59.2 Å². The maximum atomic E-state index is 13.8. The van der Waals surface area contributed by atoms with E-state index in [4.69, 9.17) is 4.74 Å². The van der Waals surface area contributed by atoms with Crippen molar-refractivity contribution in [2.24, 2.45) is 0 Å². The highest BCUT2D eigenvalue weighted by Crippen LogP contribution is 2.33. The highest BCUT2D eigenvalue weighted by Gasteiger charge is 2.21. The smallest absolute Gasteiger partial charge is 0.326 e. The van der Waals surface area contributed by atoms with Crippen LogP contribution in [0.1, 0.15) is 95.2 Å². The molecule has 0 aliphatic heterocycles. The third-order valence-electron chi connectivity index (χ3n) is 6.70. The fraction of sp³-hybridized carbons (Fsp3) is 0.424. The number of unbranched alkanes of at least 4 members (excludes halogenated alkanes) is 4. The van der Waals surface area contributed by atoms with Gasteiger partial charge in [0.05, 0.1) is 13.2 Å². The Morgan fingerprint density at radius 1 is 0.784 bits per heavy atom. The molecule has 37 heavy (non-hydrogen) atoms. The van der Waals surface area contributed by atoms with E-state index in [-0.39, 0.29) is 6.03 Å². The summed E-state index contributed by atoms with van der Waals surface area (Å²) in [5.41, 5.74) is 5.15. The maximum Gasteiger partial charge on any atom is 0.326 e. The number of anilines is 2. The first-order valence-electron chi connectivity index (χ1n) is 13.9. The van der Waals surface area contributed by atoms with Gasteiger partial charge in [0.1, 0.15) is 5.75 Å². The van der Waals surface area contributed by atoms with Crippen LogP contribution in [0.25, 0.3) is 0 Å². The Kier molecular flexibility index (Phi) is 11.1. The summed E-state index contributed by atoms with van der Waals surface area (Å²) in [7, 11) is 0. The predicted octanol–water partition coefficient (Wildman–Crippen LogP) is 9.52. The molecule has 0 radical (unpaired) electrons. The molecule has 0 atom stereocenters. The zero-order valence-corrected chi connectivity index (χ0v) is 23.3. The number of rotatable bonds is 13. The van der Waals surface area contributed by atoms with Crippen LogP contribution in [-0.4, -0.2) is 12.6 Å². The van der Waals surface area contributed by atoms with E-state index in [0.29, 0.717) is 18.4 Å². The van der Waals surface area contributed by atoms with Gasteiger partial charge in [-0.2, -0.15) is 0 Å². The number of urea groups is 1. The zero-order chi connectivity index (χ0) is 26.6. The van der Waals surface area contributed by atoms with Crippen LogP contribution in [0.2, 0.25) is 0 Å². The molecular formula is C33H44N2O2. The van der Waals surface area contributed by atoms with Crippen LogP contribution in [0.5, 0.6) is 5.75 Å². The maximum absolute atomic E-state index is 13.8. The lowest BCUT2D eigenvalue weighted by atomic mass is 9.93. The monoisotopic (exact) mass is 500 g/mol. The molecule has 0 heterocycles. The lowest BCUT2D eigenvalue weighted by molar-refractivity contribution is 0.256. The van der Waals surface area contributed by atoms with Crippen molar-refractivity contribution in [2.45, 2.75) is 85.1 Å². The van der Waals surface area contributed by atoms with E-state index in [0.717, 1.165) is 46.8 Å². The van der Waals surface area contributed by atoms with Crippen LogP contribution in [0, 0.1) is 0 Å². The van der Waals surface area contributed by atoms with Crippen LogP contribution in [0.3, 0.4) is 0 Å². The van der Waals surface area contributed by atoms with Crippen molar-refractivity contribution in [1.29, 1.82) is 0 Å². The Balaban J connectivity index is 1.81. The van der Waals surface area contributed by atoms with Crippen molar-refractivity contribution >= 4 is 17.4 Å². The third kappa shape index (κ3) is 8.38. The normalized spacial score (nSPS) is 11.1. The molecule has 198 valence electrons. The van der Waals surface area contributed by atoms with Crippen LogP contribution in [0.15, 0.2) is 72.8 Å². The first-order valence-corrected chi connectivity index (χ1v) is 13.9. The zero-order valence-electron chi connectivity index (χ0n) is 23.3. The summed E-state index contributed by atoms with van der Waals surface area (Å²) >= 11 is 0. The second-order valence-corrected chi connectivity index (χ2v) is 10.4. The van der Waals surface area contributed by atoms with Gasteiger partial charge in [-0.25, -0.2) is 4.79 Å². The Bertz CT molecular complexity index is 1060. The van der Waals surface area contributed by atoms with Gasteiger partial charge in [-0.3, -0.25) is 4.90 Å². The quantitative estimate of drug-likeness (QED) is 0.237. The average molecular weight is 501 g/mol. The number of amides is 2. The summed E-state index contributed by atoms with van der Waals surface area (Å²) in [6.45, 7) is 12.1. The van der Waals surface area contributed by atoms with Gasteiger partial charge in [0.15, 0.2) is 0 Å². The summed E-state index contributed by atoms with van der Waals surface area (Å²) in [5, 5.41) is 3.29. The molecular weight excluding hydrogens is 456 g/mol. The van der Waals surface area contributed by atoms with Gasteiger partial charge in [0.25, 0.3) is 0 Å². The minimum Gasteiger partial charge on any atom is -0.494 e. The number of para-hydroxylation sites is 1. The molecule has 0 spiro atoms. The molecule has 4 heteroatoms. The molecule has 3 rings (SSSR count). The summed E-state index contributed by atoms with van der Waals surface area (Å²) in [6.07, 6.45) is 6.07. The molecule has 2 amide bonds. The molecule has 3 aromatic carbocycles. The predicted molar refractivity (Wildman–Crippen MR) is 157 cm³/mol. The van der Waals surface area contributed by atoms with Crippen LogP contribution in [0.4, 0.5) is 16.2 Å². The lowest BCUT2D eigenvalue weighted by Gasteiger charge is -2.26. The van der Waals surface area contributed by atoms with Gasteiger partial charge >= 0.3 is 6.03 Å². The molecule has 0 saturated carbocycles. The second-order valence-electron chi connectivity index (χ2n) is 10.4. The highest BCUT2D eigenvalue weighted by molar-refractivity contribution is 6.02. The fourth-order valence-corrected chi connectivity index (χ4v) is 4.53. The van der Waals surface area contributed by atoms with Crippen LogP contribution >= 0.6 is 0 Å². The first-order chi connectivity index (χ1) is 17.9. The standard InChI is InChI=1S/C33H44N2O2/c1-6-7-8-9-13-23-37-29-21-19-28(20-22-29)35(24-27-15-11-10-12-16-27)33(36)34-32-30(25(2)3)17-14-18-31(32)26(4)5/h10-12,14-22,25-26H,6-9,13,23-24H2,1-5H3,(H,34,36). The van der Waals surface area contributed by atoms with Gasteiger partial charge in [0, 0.05) is 11.4 Å². The number of hydrogen-bond donors (Lipinski definition) is 1. The van der Waals surface area contributed by atoms with Crippen LogP contribution in [-0.2, 0) is 6.54 Å². The molecule has 0 saturated heterocycles. The lowest BCUT2D eigenvalue weighted by Crippen LogP contribution is -2.35. The SMILES string of the molecule is CCCCCCCOc1ccc(N(Cc2ccccc2)C(=O)Nc2c(C(C)C)cccc2C(C)C)cc1.